The van der Waals surface area contributed by atoms with Crippen molar-refractivity contribution in [3.05, 3.63) is 23.8 Å². The number of rotatable bonds is 3. The third-order valence-electron chi connectivity index (χ3n) is 3.34. The van der Waals surface area contributed by atoms with E-state index in [1.54, 1.807) is 43.9 Å². The number of Topliss-reactive ketones (excluding diaryl/α,β-unsaturated/α-hetero) is 1. The molecule has 0 N–H and O–H groups in total. The number of hydrogen-bond donors (Lipinski definition) is 0. The summed E-state index contributed by atoms with van der Waals surface area (Å²) in [5.74, 6) is 0.328. The smallest absolute Gasteiger partial charge is 0.270 e. The summed E-state index contributed by atoms with van der Waals surface area (Å²) < 4.78 is 5.72. The number of benzene rings is 1. The molecular formula is C15H18ClNO3. The molecule has 20 heavy (non-hydrogen) atoms. The van der Waals surface area contributed by atoms with Gasteiger partial charge in [-0.25, -0.2) is 0 Å². The summed E-state index contributed by atoms with van der Waals surface area (Å²) in [6.45, 7) is 7.52. The summed E-state index contributed by atoms with van der Waals surface area (Å²) in [6.07, 6.45) is 0. The molecule has 1 amide bonds. The highest BCUT2D eigenvalue weighted by molar-refractivity contribution is 6.33. The van der Waals surface area contributed by atoms with E-state index in [1.165, 1.54) is 0 Å². The molecular weight excluding hydrogens is 278 g/mol. The lowest BCUT2D eigenvalue weighted by Gasteiger charge is -2.38. The monoisotopic (exact) mass is 295 g/mol. The number of fused-ring (bicyclic) bond motifs is 1. The van der Waals surface area contributed by atoms with Crippen LogP contribution in [0.3, 0.4) is 0 Å². The Bertz CT molecular complexity index is 566. The molecule has 0 spiro atoms. The fourth-order valence-corrected chi connectivity index (χ4v) is 2.39. The second-order valence-corrected chi connectivity index (χ2v) is 5.98. The minimum atomic E-state index is -0.895. The molecule has 5 heteroatoms. The lowest BCUT2D eigenvalue weighted by molar-refractivity contribution is -0.132. The van der Waals surface area contributed by atoms with Crippen LogP contribution in [0.1, 0.15) is 38.1 Å². The van der Waals surface area contributed by atoms with Gasteiger partial charge in [0.25, 0.3) is 5.91 Å². The Kier molecular flexibility index (Phi) is 3.78. The largest absolute Gasteiger partial charge is 0.476 e. The van der Waals surface area contributed by atoms with Crippen LogP contribution in [-0.2, 0) is 4.79 Å². The normalized spacial score (nSPS) is 18.2. The lowest BCUT2D eigenvalue weighted by Crippen LogP contribution is -2.52. The standard InChI is InChI=1S/C15H18ClNO3/c1-5-17-11-8-10(13(18)9(2)16)6-7-12(11)20-15(3,4)14(17)19/h6-9H,5H2,1-4H3. The summed E-state index contributed by atoms with van der Waals surface area (Å²) >= 11 is 5.83. The fourth-order valence-electron chi connectivity index (χ4n) is 2.26. The average molecular weight is 296 g/mol. The first kappa shape index (κ1) is 14.9. The van der Waals surface area contributed by atoms with E-state index in [2.05, 4.69) is 0 Å². The number of hydrogen-bond acceptors (Lipinski definition) is 3. The molecule has 0 aromatic heterocycles. The van der Waals surface area contributed by atoms with Crippen molar-refractivity contribution in [2.24, 2.45) is 0 Å². The van der Waals surface area contributed by atoms with Crippen molar-refractivity contribution >= 4 is 29.0 Å². The average Bonchev–Trinajstić information content (AvgIpc) is 2.38. The van der Waals surface area contributed by atoms with E-state index in [1.807, 2.05) is 6.92 Å². The maximum absolute atomic E-state index is 12.3. The van der Waals surface area contributed by atoms with Gasteiger partial charge in [-0.15, -0.1) is 11.6 Å². The molecule has 0 saturated carbocycles. The van der Waals surface area contributed by atoms with Crippen molar-refractivity contribution in [2.75, 3.05) is 11.4 Å². The Morgan fingerprint density at radius 1 is 1.45 bits per heavy atom. The minimum Gasteiger partial charge on any atom is -0.476 e. The number of nitrogens with zero attached hydrogens (tertiary/aromatic N) is 1. The molecule has 1 heterocycles. The van der Waals surface area contributed by atoms with Gasteiger partial charge in [0.2, 0.25) is 0 Å². The van der Waals surface area contributed by atoms with E-state index < -0.39 is 11.0 Å². The highest BCUT2D eigenvalue weighted by Crippen LogP contribution is 2.38. The number of anilines is 1. The number of amides is 1. The molecule has 0 aliphatic carbocycles. The molecule has 4 nitrogen and oxygen atoms in total. The predicted octanol–water partition coefficient (Wildman–Crippen LogP) is 3.02. The Morgan fingerprint density at radius 2 is 2.10 bits per heavy atom. The van der Waals surface area contributed by atoms with Gasteiger partial charge in [0.1, 0.15) is 5.75 Å². The quantitative estimate of drug-likeness (QED) is 0.636. The van der Waals surface area contributed by atoms with E-state index in [4.69, 9.17) is 16.3 Å². The third kappa shape index (κ3) is 2.40. The van der Waals surface area contributed by atoms with Crippen LogP contribution in [0.25, 0.3) is 0 Å². The van der Waals surface area contributed by atoms with Gasteiger partial charge in [0, 0.05) is 12.1 Å². The fraction of sp³-hybridized carbons (Fsp3) is 0.467. The molecule has 1 aliphatic heterocycles. The zero-order chi connectivity index (χ0) is 15.1. The Morgan fingerprint density at radius 3 is 2.65 bits per heavy atom. The van der Waals surface area contributed by atoms with E-state index >= 15 is 0 Å². The van der Waals surface area contributed by atoms with E-state index in [0.717, 1.165) is 0 Å². The molecule has 0 radical (unpaired) electrons. The Hall–Kier alpha value is -1.55. The lowest BCUT2D eigenvalue weighted by atomic mass is 10.0. The summed E-state index contributed by atoms with van der Waals surface area (Å²) in [5, 5.41) is -0.597. The van der Waals surface area contributed by atoms with Gasteiger partial charge in [0.05, 0.1) is 11.1 Å². The van der Waals surface area contributed by atoms with Crippen molar-refractivity contribution in [3.63, 3.8) is 0 Å². The number of carbonyl (C=O) groups excluding carboxylic acids is 2. The molecule has 0 bridgehead atoms. The zero-order valence-electron chi connectivity index (χ0n) is 12.1. The van der Waals surface area contributed by atoms with Crippen LogP contribution >= 0.6 is 11.6 Å². The number of alkyl halides is 1. The first-order chi connectivity index (χ1) is 9.27. The number of halogens is 1. The molecule has 108 valence electrons. The number of likely N-dealkylation sites (N-methyl/N-ethyl adjacent to an activating group) is 1. The van der Waals surface area contributed by atoms with Crippen LogP contribution in [0.5, 0.6) is 5.75 Å². The summed E-state index contributed by atoms with van der Waals surface area (Å²) in [5.41, 5.74) is 0.217. The zero-order valence-corrected chi connectivity index (χ0v) is 12.8. The third-order valence-corrected chi connectivity index (χ3v) is 3.54. The van der Waals surface area contributed by atoms with Gasteiger partial charge in [-0.3, -0.25) is 9.59 Å². The maximum atomic E-state index is 12.3. The molecule has 1 unspecified atom stereocenters. The second-order valence-electron chi connectivity index (χ2n) is 5.32. The van der Waals surface area contributed by atoms with Crippen molar-refractivity contribution < 1.29 is 14.3 Å². The van der Waals surface area contributed by atoms with E-state index in [0.29, 0.717) is 23.5 Å². The highest BCUT2D eigenvalue weighted by Gasteiger charge is 2.40. The summed E-state index contributed by atoms with van der Waals surface area (Å²) in [6, 6.07) is 5.08. The summed E-state index contributed by atoms with van der Waals surface area (Å²) in [4.78, 5) is 25.9. The van der Waals surface area contributed by atoms with Crippen molar-refractivity contribution in [2.45, 2.75) is 38.7 Å². The van der Waals surface area contributed by atoms with Crippen molar-refractivity contribution in [1.29, 1.82) is 0 Å². The van der Waals surface area contributed by atoms with Gasteiger partial charge in [-0.2, -0.15) is 0 Å². The van der Waals surface area contributed by atoms with Crippen molar-refractivity contribution in [1.82, 2.24) is 0 Å². The van der Waals surface area contributed by atoms with Crippen LogP contribution in [0.2, 0.25) is 0 Å². The molecule has 0 fully saturated rings. The molecule has 1 aliphatic rings. The number of carbonyl (C=O) groups is 2. The molecule has 0 saturated heterocycles. The first-order valence-corrected chi connectivity index (χ1v) is 7.05. The van der Waals surface area contributed by atoms with Gasteiger partial charge < -0.3 is 9.64 Å². The number of ether oxygens (including phenoxy) is 1. The van der Waals surface area contributed by atoms with Crippen LogP contribution in [0, 0.1) is 0 Å². The van der Waals surface area contributed by atoms with Gasteiger partial charge in [0.15, 0.2) is 11.4 Å². The molecule has 1 aromatic carbocycles. The minimum absolute atomic E-state index is 0.115. The van der Waals surface area contributed by atoms with Gasteiger partial charge in [-0.05, 0) is 45.9 Å². The van der Waals surface area contributed by atoms with Crippen LogP contribution in [-0.4, -0.2) is 29.2 Å². The topological polar surface area (TPSA) is 46.6 Å². The first-order valence-electron chi connectivity index (χ1n) is 6.61. The molecule has 1 atom stereocenters. The highest BCUT2D eigenvalue weighted by atomic mass is 35.5. The van der Waals surface area contributed by atoms with Crippen LogP contribution < -0.4 is 9.64 Å². The molecule has 2 rings (SSSR count). The summed E-state index contributed by atoms with van der Waals surface area (Å²) in [7, 11) is 0. The Labute approximate surface area is 123 Å². The van der Waals surface area contributed by atoms with E-state index in [-0.39, 0.29) is 11.7 Å². The van der Waals surface area contributed by atoms with Crippen LogP contribution in [0.4, 0.5) is 5.69 Å². The van der Waals surface area contributed by atoms with Crippen molar-refractivity contribution in [3.8, 4) is 5.75 Å². The van der Waals surface area contributed by atoms with E-state index in [9.17, 15) is 9.59 Å². The van der Waals surface area contributed by atoms with Gasteiger partial charge >= 0.3 is 0 Å². The second kappa shape index (κ2) is 5.09. The Balaban J connectivity index is 2.51. The van der Waals surface area contributed by atoms with Gasteiger partial charge in [-0.1, -0.05) is 0 Å². The van der Waals surface area contributed by atoms with Crippen LogP contribution in [0.15, 0.2) is 18.2 Å². The predicted molar refractivity (Wildman–Crippen MR) is 78.8 cm³/mol. The SMILES string of the molecule is CCN1C(=O)C(C)(C)Oc2ccc(C(=O)C(C)Cl)cc21. The number of ketones is 1. The molecule has 1 aromatic rings. The maximum Gasteiger partial charge on any atom is 0.270 e.